The average molecular weight is 287 g/mol. The van der Waals surface area contributed by atoms with Gasteiger partial charge in [0.05, 0.1) is 14.2 Å². The van der Waals surface area contributed by atoms with Crippen molar-refractivity contribution in [3.63, 3.8) is 0 Å². The largest absolute Gasteiger partial charge is 0.497 e. The summed E-state index contributed by atoms with van der Waals surface area (Å²) in [5, 5.41) is 0. The van der Waals surface area contributed by atoms with Crippen LogP contribution in [0.5, 0.6) is 11.5 Å². The van der Waals surface area contributed by atoms with Crippen molar-refractivity contribution in [3.05, 3.63) is 29.3 Å². The zero-order chi connectivity index (χ0) is 15.0. The van der Waals surface area contributed by atoms with E-state index in [4.69, 9.17) is 9.47 Å². The molecule has 1 aromatic carbocycles. The third-order valence-corrected chi connectivity index (χ3v) is 4.69. The van der Waals surface area contributed by atoms with Crippen LogP contribution in [0.4, 0.5) is 0 Å². The summed E-state index contributed by atoms with van der Waals surface area (Å²) in [4.78, 5) is 14.7. The van der Waals surface area contributed by atoms with Gasteiger partial charge in [0.25, 0.3) is 0 Å². The van der Waals surface area contributed by atoms with Crippen LogP contribution in [0.1, 0.15) is 24.8 Å². The highest BCUT2D eigenvalue weighted by Gasteiger charge is 2.41. The van der Waals surface area contributed by atoms with Crippen LogP contribution in [0.25, 0.3) is 6.08 Å². The first kappa shape index (κ1) is 14.1. The molecule has 0 saturated carbocycles. The summed E-state index contributed by atoms with van der Waals surface area (Å²) in [6.07, 6.45) is 4.81. The van der Waals surface area contributed by atoms with Crippen molar-refractivity contribution in [2.75, 3.05) is 21.3 Å². The van der Waals surface area contributed by atoms with Crippen molar-refractivity contribution in [2.45, 2.75) is 31.3 Å². The Morgan fingerprint density at radius 3 is 2.76 bits per heavy atom. The van der Waals surface area contributed by atoms with Gasteiger partial charge in [-0.05, 0) is 38.1 Å². The number of carbonyl (C=O) groups excluding carboxylic acids is 1. The second kappa shape index (κ2) is 5.53. The Hall–Kier alpha value is -1.81. The quantitative estimate of drug-likeness (QED) is 0.801. The Kier molecular flexibility index (Phi) is 3.72. The molecule has 21 heavy (non-hydrogen) atoms. The highest BCUT2D eigenvalue weighted by Crippen LogP contribution is 2.37. The minimum atomic E-state index is 0.253. The van der Waals surface area contributed by atoms with Crippen molar-refractivity contribution >= 4 is 11.9 Å². The fourth-order valence-corrected chi connectivity index (χ4v) is 3.43. The predicted octanol–water partition coefficient (Wildman–Crippen LogP) is 2.52. The van der Waals surface area contributed by atoms with E-state index in [9.17, 15) is 4.79 Å². The molecule has 3 rings (SSSR count). The highest BCUT2D eigenvalue weighted by molar-refractivity contribution is 6.02. The second-order valence-electron chi connectivity index (χ2n) is 5.75. The number of methoxy groups -OCH3 is 2. The van der Waals surface area contributed by atoms with Crippen molar-refractivity contribution in [1.82, 2.24) is 4.90 Å². The minimum absolute atomic E-state index is 0.253. The van der Waals surface area contributed by atoms with E-state index < -0.39 is 0 Å². The molecule has 2 heterocycles. The topological polar surface area (TPSA) is 38.8 Å². The maximum Gasteiger partial charge on any atom is 0.162 e. The van der Waals surface area contributed by atoms with Crippen LogP contribution in [0.15, 0.2) is 23.8 Å². The lowest BCUT2D eigenvalue weighted by atomic mass is 9.93. The van der Waals surface area contributed by atoms with Gasteiger partial charge >= 0.3 is 0 Å². The summed E-state index contributed by atoms with van der Waals surface area (Å²) in [6.45, 7) is 0. The molecule has 2 fully saturated rings. The lowest BCUT2D eigenvalue weighted by Crippen LogP contribution is -2.41. The molecule has 2 saturated heterocycles. The third kappa shape index (κ3) is 2.44. The van der Waals surface area contributed by atoms with E-state index in [1.165, 1.54) is 0 Å². The summed E-state index contributed by atoms with van der Waals surface area (Å²) in [7, 11) is 5.39. The first-order chi connectivity index (χ1) is 10.1. The summed E-state index contributed by atoms with van der Waals surface area (Å²) in [5.41, 5.74) is 1.84. The maximum atomic E-state index is 12.4. The van der Waals surface area contributed by atoms with Crippen LogP contribution in [-0.2, 0) is 4.79 Å². The standard InChI is InChI=1S/C17H21NO3/c1-18-12-5-7-15(18)14(16(19)9-12)8-11-4-6-13(20-2)10-17(11)21-3/h4,6,8,10,12,15H,5,7,9H2,1-3H3/b14-8+. The Balaban J connectivity index is 1.99. The van der Waals surface area contributed by atoms with Crippen LogP contribution in [0.3, 0.4) is 0 Å². The van der Waals surface area contributed by atoms with Crippen LogP contribution in [-0.4, -0.2) is 44.0 Å². The van der Waals surface area contributed by atoms with Gasteiger partial charge in [-0.1, -0.05) is 0 Å². The summed E-state index contributed by atoms with van der Waals surface area (Å²) >= 11 is 0. The smallest absolute Gasteiger partial charge is 0.162 e. The van der Waals surface area contributed by atoms with Gasteiger partial charge in [-0.3, -0.25) is 9.69 Å². The Morgan fingerprint density at radius 2 is 2.05 bits per heavy atom. The van der Waals surface area contributed by atoms with Gasteiger partial charge < -0.3 is 9.47 Å². The van der Waals surface area contributed by atoms with E-state index in [-0.39, 0.29) is 11.8 Å². The molecule has 2 unspecified atom stereocenters. The number of piperidine rings is 1. The van der Waals surface area contributed by atoms with Crippen molar-refractivity contribution in [2.24, 2.45) is 0 Å². The number of Topliss-reactive ketones (excluding diaryl/α,β-unsaturated/α-hetero) is 1. The molecule has 0 aromatic heterocycles. The first-order valence-electron chi connectivity index (χ1n) is 7.32. The maximum absolute atomic E-state index is 12.4. The number of hydrogen-bond donors (Lipinski definition) is 0. The van der Waals surface area contributed by atoms with Gasteiger partial charge in [-0.25, -0.2) is 0 Å². The van der Waals surface area contributed by atoms with Gasteiger partial charge in [0.15, 0.2) is 5.78 Å². The van der Waals surface area contributed by atoms with Gasteiger partial charge in [0, 0.05) is 35.7 Å². The number of benzene rings is 1. The number of ether oxygens (including phenoxy) is 2. The van der Waals surface area contributed by atoms with E-state index in [2.05, 4.69) is 11.9 Å². The van der Waals surface area contributed by atoms with E-state index in [1.54, 1.807) is 14.2 Å². The van der Waals surface area contributed by atoms with E-state index in [1.807, 2.05) is 24.3 Å². The molecule has 0 radical (unpaired) electrons. The molecule has 4 heteroatoms. The lowest BCUT2D eigenvalue weighted by molar-refractivity contribution is -0.118. The monoisotopic (exact) mass is 287 g/mol. The minimum Gasteiger partial charge on any atom is -0.497 e. The summed E-state index contributed by atoms with van der Waals surface area (Å²) in [5.74, 6) is 1.76. The number of carbonyl (C=O) groups is 1. The molecular formula is C17H21NO3. The van der Waals surface area contributed by atoms with Gasteiger partial charge in [-0.2, -0.15) is 0 Å². The first-order valence-corrected chi connectivity index (χ1v) is 7.32. The number of rotatable bonds is 3. The number of likely N-dealkylation sites (N-methyl/N-ethyl adjacent to an activating group) is 1. The molecule has 112 valence electrons. The molecule has 2 aliphatic rings. The van der Waals surface area contributed by atoms with Gasteiger partial charge in [-0.15, -0.1) is 0 Å². The molecule has 1 aromatic rings. The molecule has 0 amide bonds. The second-order valence-corrected chi connectivity index (χ2v) is 5.75. The Morgan fingerprint density at radius 1 is 1.24 bits per heavy atom. The zero-order valence-electron chi connectivity index (χ0n) is 12.8. The fourth-order valence-electron chi connectivity index (χ4n) is 3.43. The molecule has 0 N–H and O–H groups in total. The summed E-state index contributed by atoms with van der Waals surface area (Å²) in [6, 6.07) is 6.36. The summed E-state index contributed by atoms with van der Waals surface area (Å²) < 4.78 is 10.6. The van der Waals surface area contributed by atoms with Crippen molar-refractivity contribution in [1.29, 1.82) is 0 Å². The van der Waals surface area contributed by atoms with E-state index in [0.29, 0.717) is 12.5 Å². The number of nitrogens with zero attached hydrogens (tertiary/aromatic N) is 1. The molecule has 2 atom stereocenters. The van der Waals surface area contributed by atoms with Gasteiger partial charge in [0.2, 0.25) is 0 Å². The van der Waals surface area contributed by atoms with Crippen molar-refractivity contribution in [3.8, 4) is 11.5 Å². The number of ketones is 1. The van der Waals surface area contributed by atoms with Crippen molar-refractivity contribution < 1.29 is 14.3 Å². The highest BCUT2D eigenvalue weighted by atomic mass is 16.5. The van der Waals surface area contributed by atoms with Crippen LogP contribution in [0.2, 0.25) is 0 Å². The van der Waals surface area contributed by atoms with E-state index in [0.717, 1.165) is 35.5 Å². The molecule has 2 bridgehead atoms. The fraction of sp³-hybridized carbons (Fsp3) is 0.471. The average Bonchev–Trinajstić information content (AvgIpc) is 2.75. The van der Waals surface area contributed by atoms with E-state index >= 15 is 0 Å². The Bertz CT molecular complexity index is 594. The zero-order valence-corrected chi connectivity index (χ0v) is 12.8. The molecule has 2 aliphatic heterocycles. The normalized spacial score (nSPS) is 27.2. The predicted molar refractivity (Wildman–Crippen MR) is 81.7 cm³/mol. The third-order valence-electron chi connectivity index (χ3n) is 4.69. The molecule has 0 aliphatic carbocycles. The molecule has 0 spiro atoms. The lowest BCUT2D eigenvalue weighted by Gasteiger charge is -2.32. The SMILES string of the molecule is COc1ccc(/C=C2/C(=O)CC3CCC2N3C)c(OC)c1. The Labute approximate surface area is 125 Å². The molecular weight excluding hydrogens is 266 g/mol. The van der Waals surface area contributed by atoms with Gasteiger partial charge in [0.1, 0.15) is 11.5 Å². The molecule has 4 nitrogen and oxygen atoms in total. The number of fused-ring (bicyclic) bond motifs is 2. The van der Waals surface area contributed by atoms with Crippen LogP contribution < -0.4 is 9.47 Å². The van der Waals surface area contributed by atoms with Crippen LogP contribution >= 0.6 is 0 Å². The van der Waals surface area contributed by atoms with Crippen LogP contribution in [0, 0.1) is 0 Å². The number of hydrogen-bond acceptors (Lipinski definition) is 4.